The summed E-state index contributed by atoms with van der Waals surface area (Å²) in [4.78, 5) is 4.34. The van der Waals surface area contributed by atoms with E-state index >= 15 is 0 Å². The molecule has 0 saturated heterocycles. The fourth-order valence-corrected chi connectivity index (χ4v) is 4.11. The summed E-state index contributed by atoms with van der Waals surface area (Å²) in [6, 6.07) is 0.599. The van der Waals surface area contributed by atoms with Gasteiger partial charge in [0.25, 0.3) is 0 Å². The van der Waals surface area contributed by atoms with Gasteiger partial charge in [-0.2, -0.15) is 5.10 Å². The maximum atomic E-state index is 4.34. The Bertz CT molecular complexity index is 377. The van der Waals surface area contributed by atoms with Gasteiger partial charge in [-0.3, -0.25) is 0 Å². The molecule has 4 nitrogen and oxygen atoms in total. The minimum atomic E-state index is 0.599. The van der Waals surface area contributed by atoms with Gasteiger partial charge >= 0.3 is 0 Å². The fourth-order valence-electron chi connectivity index (χ4n) is 2.75. The van der Waals surface area contributed by atoms with E-state index in [0.717, 1.165) is 17.0 Å². The fraction of sp³-hybridized carbons (Fsp3) is 0.846. The number of nitrogens with one attached hydrogen (secondary N) is 1. The molecule has 1 aliphatic rings. The van der Waals surface area contributed by atoms with Crippen LogP contribution in [0.3, 0.4) is 0 Å². The predicted molar refractivity (Wildman–Crippen MR) is 75.7 cm³/mol. The third kappa shape index (κ3) is 3.06. The molecule has 0 aliphatic heterocycles. The number of aryl methyl sites for hydroxylation is 1. The topological polar surface area (TPSA) is 42.7 Å². The van der Waals surface area contributed by atoms with Gasteiger partial charge in [0.15, 0.2) is 5.16 Å². The van der Waals surface area contributed by atoms with Crippen molar-refractivity contribution < 1.29 is 0 Å². The van der Waals surface area contributed by atoms with E-state index in [1.165, 1.54) is 19.3 Å². The van der Waals surface area contributed by atoms with Crippen molar-refractivity contribution in [3.05, 3.63) is 6.33 Å². The summed E-state index contributed by atoms with van der Waals surface area (Å²) >= 11 is 1.88. The van der Waals surface area contributed by atoms with Crippen LogP contribution in [0, 0.1) is 11.8 Å². The average molecular weight is 268 g/mol. The van der Waals surface area contributed by atoms with E-state index < -0.39 is 0 Å². The first-order valence-corrected chi connectivity index (χ1v) is 7.67. The second-order valence-electron chi connectivity index (χ2n) is 5.53. The molecule has 18 heavy (non-hydrogen) atoms. The van der Waals surface area contributed by atoms with Crippen LogP contribution < -0.4 is 5.32 Å². The van der Waals surface area contributed by atoms with Crippen LogP contribution in [-0.4, -0.2) is 33.1 Å². The van der Waals surface area contributed by atoms with E-state index in [1.807, 2.05) is 23.5 Å². The van der Waals surface area contributed by atoms with Gasteiger partial charge in [-0.25, -0.2) is 9.67 Å². The highest BCUT2D eigenvalue weighted by atomic mass is 32.2. The van der Waals surface area contributed by atoms with Crippen LogP contribution in [-0.2, 0) is 7.05 Å². The van der Waals surface area contributed by atoms with Crippen LogP contribution in [0.25, 0.3) is 0 Å². The summed E-state index contributed by atoms with van der Waals surface area (Å²) in [5.41, 5.74) is 0. The molecule has 102 valence electrons. The van der Waals surface area contributed by atoms with E-state index in [0.29, 0.717) is 11.3 Å². The number of aromatic nitrogens is 3. The van der Waals surface area contributed by atoms with Gasteiger partial charge < -0.3 is 5.32 Å². The summed E-state index contributed by atoms with van der Waals surface area (Å²) in [7, 11) is 4.04. The molecule has 1 aromatic heterocycles. The average Bonchev–Trinajstić information content (AvgIpc) is 2.75. The Hall–Kier alpha value is -0.550. The Kier molecular flexibility index (Phi) is 4.67. The van der Waals surface area contributed by atoms with Crippen molar-refractivity contribution in [2.24, 2.45) is 18.9 Å². The highest BCUT2D eigenvalue weighted by Gasteiger charge is 2.32. The summed E-state index contributed by atoms with van der Waals surface area (Å²) in [5, 5.41) is 9.26. The molecule has 1 heterocycles. The van der Waals surface area contributed by atoms with E-state index in [4.69, 9.17) is 0 Å². The summed E-state index contributed by atoms with van der Waals surface area (Å²) in [6.45, 7) is 4.68. The zero-order valence-electron chi connectivity index (χ0n) is 11.8. The van der Waals surface area contributed by atoms with Gasteiger partial charge in [0.2, 0.25) is 0 Å². The molecule has 0 radical (unpaired) electrons. The highest BCUT2D eigenvalue weighted by Crippen LogP contribution is 2.38. The minimum absolute atomic E-state index is 0.599. The van der Waals surface area contributed by atoms with Crippen LogP contribution in [0.2, 0.25) is 0 Å². The Morgan fingerprint density at radius 3 is 2.78 bits per heavy atom. The van der Waals surface area contributed by atoms with Crippen molar-refractivity contribution in [1.29, 1.82) is 0 Å². The third-order valence-electron chi connectivity index (χ3n) is 4.07. The Morgan fingerprint density at radius 2 is 2.22 bits per heavy atom. The lowest BCUT2D eigenvalue weighted by Gasteiger charge is -2.37. The highest BCUT2D eigenvalue weighted by molar-refractivity contribution is 7.99. The molecule has 5 heteroatoms. The zero-order chi connectivity index (χ0) is 13.1. The minimum Gasteiger partial charge on any atom is -0.316 e. The van der Waals surface area contributed by atoms with Crippen LogP contribution in [0.15, 0.2) is 11.5 Å². The maximum Gasteiger partial charge on any atom is 0.186 e. The van der Waals surface area contributed by atoms with Crippen molar-refractivity contribution in [2.45, 2.75) is 49.6 Å². The molecule has 0 aromatic carbocycles. The molecule has 1 aromatic rings. The molecule has 0 amide bonds. The molecular weight excluding hydrogens is 244 g/mol. The lowest BCUT2D eigenvalue weighted by Crippen LogP contribution is -2.41. The maximum absolute atomic E-state index is 4.34. The smallest absolute Gasteiger partial charge is 0.186 e. The molecule has 0 bridgehead atoms. The van der Waals surface area contributed by atoms with E-state index in [-0.39, 0.29) is 0 Å². The Morgan fingerprint density at radius 1 is 1.44 bits per heavy atom. The van der Waals surface area contributed by atoms with Crippen molar-refractivity contribution in [3.63, 3.8) is 0 Å². The molecule has 2 rings (SSSR count). The molecular formula is C13H24N4S. The number of nitrogens with zero attached hydrogens (tertiary/aromatic N) is 3. The lowest BCUT2D eigenvalue weighted by molar-refractivity contribution is 0.251. The molecule has 1 fully saturated rings. The summed E-state index contributed by atoms with van der Waals surface area (Å²) in [5.74, 6) is 1.63. The van der Waals surface area contributed by atoms with Gasteiger partial charge in [-0.15, -0.1) is 0 Å². The van der Waals surface area contributed by atoms with Crippen molar-refractivity contribution >= 4 is 11.8 Å². The van der Waals surface area contributed by atoms with Crippen molar-refractivity contribution in [3.8, 4) is 0 Å². The molecule has 3 atom stereocenters. The van der Waals surface area contributed by atoms with E-state index in [9.17, 15) is 0 Å². The zero-order valence-corrected chi connectivity index (χ0v) is 12.6. The standard InChI is InChI=1S/C13H24N4S/c1-9(2)10-5-6-11(14-3)12(7-10)18-13-15-8-16-17(13)4/h8-12,14H,5-7H2,1-4H3. The van der Waals surface area contributed by atoms with Crippen LogP contribution in [0.4, 0.5) is 0 Å². The number of thioether (sulfide) groups is 1. The SMILES string of the molecule is CNC1CCC(C(C)C)CC1Sc1ncnn1C. The monoisotopic (exact) mass is 268 g/mol. The van der Waals surface area contributed by atoms with Gasteiger partial charge in [0.05, 0.1) is 0 Å². The first kappa shape index (κ1) is 13.9. The number of rotatable bonds is 4. The van der Waals surface area contributed by atoms with Gasteiger partial charge in [-0.1, -0.05) is 25.6 Å². The molecule has 1 N–H and O–H groups in total. The van der Waals surface area contributed by atoms with E-state index in [2.05, 4.69) is 36.3 Å². The second-order valence-corrected chi connectivity index (χ2v) is 6.74. The van der Waals surface area contributed by atoms with Crippen molar-refractivity contribution in [2.75, 3.05) is 7.05 Å². The van der Waals surface area contributed by atoms with Crippen molar-refractivity contribution in [1.82, 2.24) is 20.1 Å². The molecule has 0 spiro atoms. The third-order valence-corrected chi connectivity index (χ3v) is 5.48. The number of hydrogen-bond acceptors (Lipinski definition) is 4. The van der Waals surface area contributed by atoms with Gasteiger partial charge in [0, 0.05) is 18.3 Å². The summed E-state index contributed by atoms with van der Waals surface area (Å²) < 4.78 is 1.87. The first-order chi connectivity index (χ1) is 8.61. The van der Waals surface area contributed by atoms with Gasteiger partial charge in [-0.05, 0) is 38.1 Å². The first-order valence-electron chi connectivity index (χ1n) is 6.79. The van der Waals surface area contributed by atoms with Crippen LogP contribution in [0.1, 0.15) is 33.1 Å². The normalized spacial score (nSPS) is 28.8. The molecule has 1 aliphatic carbocycles. The van der Waals surface area contributed by atoms with E-state index in [1.54, 1.807) is 6.33 Å². The number of hydrogen-bond donors (Lipinski definition) is 1. The predicted octanol–water partition coefficient (Wildman–Crippen LogP) is 2.32. The van der Waals surface area contributed by atoms with Gasteiger partial charge in [0.1, 0.15) is 6.33 Å². The Labute approximate surface area is 114 Å². The molecule has 3 unspecified atom stereocenters. The Balaban J connectivity index is 2.04. The molecule has 1 saturated carbocycles. The second kappa shape index (κ2) is 6.06. The lowest BCUT2D eigenvalue weighted by atomic mass is 9.79. The quantitative estimate of drug-likeness (QED) is 0.910. The largest absolute Gasteiger partial charge is 0.316 e. The van der Waals surface area contributed by atoms with Crippen LogP contribution in [0.5, 0.6) is 0 Å². The van der Waals surface area contributed by atoms with Crippen LogP contribution >= 0.6 is 11.8 Å². The summed E-state index contributed by atoms with van der Waals surface area (Å²) in [6.07, 6.45) is 5.54.